The second kappa shape index (κ2) is 8.39. The lowest BCUT2D eigenvalue weighted by Crippen LogP contribution is -2.10. The van der Waals surface area contributed by atoms with Crippen molar-refractivity contribution in [3.8, 4) is 0 Å². The number of fused-ring (bicyclic) bond motifs is 9. The van der Waals surface area contributed by atoms with Gasteiger partial charge in [0.15, 0.2) is 5.58 Å². The summed E-state index contributed by atoms with van der Waals surface area (Å²) in [5, 5.41) is 7.28. The number of oxazole rings is 1. The summed E-state index contributed by atoms with van der Waals surface area (Å²) in [7, 11) is 0. The molecule has 0 saturated heterocycles. The van der Waals surface area contributed by atoms with Gasteiger partial charge in [0.25, 0.3) is 0 Å². The molecule has 0 aliphatic rings. The number of rotatable bonds is 3. The fourth-order valence-electron chi connectivity index (χ4n) is 5.82. The number of hydrogen-bond acceptors (Lipinski definition) is 5. The Bertz CT molecular complexity index is 2400. The van der Waals surface area contributed by atoms with E-state index in [1.807, 2.05) is 34.8 Å². The molecule has 0 N–H and O–H groups in total. The molecule has 9 rings (SSSR count). The molecule has 0 fully saturated rings. The van der Waals surface area contributed by atoms with Crippen molar-refractivity contribution in [2.45, 2.75) is 0 Å². The third kappa shape index (κ3) is 3.25. The van der Waals surface area contributed by atoms with Gasteiger partial charge in [-0.1, -0.05) is 72.8 Å². The first-order chi connectivity index (χ1) is 19.8. The van der Waals surface area contributed by atoms with E-state index in [-0.39, 0.29) is 0 Å². The van der Waals surface area contributed by atoms with Gasteiger partial charge in [0.2, 0.25) is 0 Å². The van der Waals surface area contributed by atoms with E-state index in [1.165, 1.54) is 40.3 Å². The Hall–Kier alpha value is -4.71. The van der Waals surface area contributed by atoms with Crippen LogP contribution in [0.3, 0.4) is 0 Å². The molecule has 6 aromatic carbocycles. The smallest absolute Gasteiger partial charge is 0.307 e. The molecule has 40 heavy (non-hydrogen) atoms. The van der Waals surface area contributed by atoms with E-state index >= 15 is 0 Å². The zero-order valence-electron chi connectivity index (χ0n) is 21.2. The lowest BCUT2D eigenvalue weighted by atomic mass is 10.1. The lowest BCUT2D eigenvalue weighted by Gasteiger charge is -2.21. The highest BCUT2D eigenvalue weighted by Crippen LogP contribution is 2.43. The largest absolute Gasteiger partial charge is 0.422 e. The van der Waals surface area contributed by atoms with Gasteiger partial charge in [-0.15, -0.1) is 22.7 Å². The second-order valence-corrected chi connectivity index (χ2v) is 12.2. The standard InChI is InChI=1S/C35H20N2OS2/c1-2-8-24-21(7-1)13-17-29-34(24)38-35(36-29)37(22-15-18-32-28(19-22)26-10-4-6-12-31(26)39-32)23-14-16-27-25-9-3-5-11-30(25)40-33(27)20-23/h1-20H. The predicted molar refractivity (Wildman–Crippen MR) is 172 cm³/mol. The van der Waals surface area contributed by atoms with Crippen molar-refractivity contribution in [3.05, 3.63) is 121 Å². The van der Waals surface area contributed by atoms with E-state index in [4.69, 9.17) is 9.40 Å². The summed E-state index contributed by atoms with van der Waals surface area (Å²) in [5.41, 5.74) is 3.70. The van der Waals surface area contributed by atoms with E-state index in [0.29, 0.717) is 6.01 Å². The molecule has 3 aromatic heterocycles. The van der Waals surface area contributed by atoms with Crippen molar-refractivity contribution in [2.75, 3.05) is 4.90 Å². The van der Waals surface area contributed by atoms with Crippen LogP contribution >= 0.6 is 22.7 Å². The monoisotopic (exact) mass is 548 g/mol. The van der Waals surface area contributed by atoms with Gasteiger partial charge in [0.05, 0.1) is 11.4 Å². The molecule has 0 saturated carbocycles. The molecule has 0 amide bonds. The Morgan fingerprint density at radius 1 is 0.500 bits per heavy atom. The third-order valence-corrected chi connectivity index (χ3v) is 9.98. The molecule has 188 valence electrons. The Balaban J connectivity index is 1.31. The zero-order chi connectivity index (χ0) is 26.2. The van der Waals surface area contributed by atoms with Gasteiger partial charge in [0.1, 0.15) is 5.52 Å². The Morgan fingerprint density at radius 3 is 1.98 bits per heavy atom. The van der Waals surface area contributed by atoms with Crippen molar-refractivity contribution in [3.63, 3.8) is 0 Å². The first-order valence-corrected chi connectivity index (χ1v) is 14.8. The Labute approximate surface area is 237 Å². The first-order valence-electron chi connectivity index (χ1n) is 13.2. The van der Waals surface area contributed by atoms with E-state index in [1.54, 1.807) is 0 Å². The van der Waals surface area contributed by atoms with Crippen LogP contribution in [0.15, 0.2) is 126 Å². The molecule has 0 spiro atoms. The number of anilines is 3. The maximum Gasteiger partial charge on any atom is 0.307 e. The van der Waals surface area contributed by atoms with Gasteiger partial charge in [-0.25, -0.2) is 0 Å². The average Bonchev–Trinajstić information content (AvgIpc) is 3.70. The summed E-state index contributed by atoms with van der Waals surface area (Å²) in [6.45, 7) is 0. The fourth-order valence-corrected chi connectivity index (χ4v) is 8.04. The molecule has 5 heteroatoms. The number of nitrogens with zero attached hydrogens (tertiary/aromatic N) is 2. The molecule has 0 atom stereocenters. The summed E-state index contributed by atoms with van der Waals surface area (Å²) in [6, 6.07) is 43.6. The van der Waals surface area contributed by atoms with Crippen LogP contribution in [0.5, 0.6) is 0 Å². The Morgan fingerprint density at radius 2 is 1.12 bits per heavy atom. The summed E-state index contributed by atoms with van der Waals surface area (Å²) < 4.78 is 11.7. The third-order valence-electron chi connectivity index (χ3n) is 7.70. The number of benzene rings is 6. The summed E-state index contributed by atoms with van der Waals surface area (Å²) in [4.78, 5) is 7.19. The van der Waals surface area contributed by atoms with Crippen LogP contribution < -0.4 is 4.90 Å². The maximum absolute atomic E-state index is 6.63. The van der Waals surface area contributed by atoms with Crippen LogP contribution in [-0.2, 0) is 0 Å². The highest BCUT2D eigenvalue weighted by atomic mass is 32.1. The zero-order valence-corrected chi connectivity index (χ0v) is 22.8. The van der Waals surface area contributed by atoms with Gasteiger partial charge < -0.3 is 4.42 Å². The van der Waals surface area contributed by atoms with Crippen LogP contribution in [0, 0.1) is 0 Å². The van der Waals surface area contributed by atoms with Crippen LogP contribution in [0.4, 0.5) is 17.4 Å². The first kappa shape index (κ1) is 22.1. The quantitative estimate of drug-likeness (QED) is 0.220. The van der Waals surface area contributed by atoms with Crippen LogP contribution in [-0.4, -0.2) is 4.98 Å². The average molecular weight is 549 g/mol. The van der Waals surface area contributed by atoms with Crippen molar-refractivity contribution in [1.29, 1.82) is 0 Å². The lowest BCUT2D eigenvalue weighted by molar-refractivity contribution is 0.611. The van der Waals surface area contributed by atoms with Gasteiger partial charge >= 0.3 is 6.01 Å². The molecule has 0 unspecified atom stereocenters. The molecule has 0 aliphatic carbocycles. The summed E-state index contributed by atoms with van der Waals surface area (Å²) in [5.74, 6) is 0. The van der Waals surface area contributed by atoms with Crippen molar-refractivity contribution < 1.29 is 4.42 Å². The fraction of sp³-hybridized carbons (Fsp3) is 0. The minimum atomic E-state index is 0.561. The predicted octanol–water partition coefficient (Wildman–Crippen LogP) is 11.2. The normalized spacial score (nSPS) is 12.0. The van der Waals surface area contributed by atoms with Crippen molar-refractivity contribution in [2.24, 2.45) is 0 Å². The SMILES string of the molecule is c1ccc2c(c1)ccc1nc(N(c3ccc4c(c3)sc3ccccc34)c3ccc4sc5ccccc5c4c3)oc12. The number of thiophene rings is 2. The van der Waals surface area contributed by atoms with Gasteiger partial charge in [-0.2, -0.15) is 4.98 Å². The topological polar surface area (TPSA) is 29.3 Å². The van der Waals surface area contributed by atoms with E-state index in [9.17, 15) is 0 Å². The molecule has 0 aliphatic heterocycles. The number of aromatic nitrogens is 1. The van der Waals surface area contributed by atoms with Gasteiger partial charge in [0, 0.05) is 45.7 Å². The summed E-state index contributed by atoms with van der Waals surface area (Å²) in [6.07, 6.45) is 0. The number of hydrogen-bond donors (Lipinski definition) is 0. The Kier molecular flexibility index (Phi) is 4.65. The maximum atomic E-state index is 6.63. The van der Waals surface area contributed by atoms with Crippen molar-refractivity contribution in [1.82, 2.24) is 4.98 Å². The van der Waals surface area contributed by atoms with E-state index in [0.717, 1.165) is 33.2 Å². The molecular formula is C35H20N2OS2. The van der Waals surface area contributed by atoms with Crippen molar-refractivity contribution >= 4 is 102 Å². The molecule has 3 nitrogen and oxygen atoms in total. The summed E-state index contributed by atoms with van der Waals surface area (Å²) >= 11 is 3.65. The van der Waals surface area contributed by atoms with Crippen LogP contribution in [0.25, 0.3) is 62.2 Å². The van der Waals surface area contributed by atoms with Gasteiger partial charge in [-0.3, -0.25) is 4.90 Å². The van der Waals surface area contributed by atoms with Crippen LogP contribution in [0.2, 0.25) is 0 Å². The highest BCUT2D eigenvalue weighted by Gasteiger charge is 2.22. The minimum Gasteiger partial charge on any atom is -0.422 e. The molecule has 0 radical (unpaired) electrons. The molecule has 3 heterocycles. The highest BCUT2D eigenvalue weighted by molar-refractivity contribution is 7.26. The second-order valence-electron chi connectivity index (χ2n) is 10.0. The van der Waals surface area contributed by atoms with E-state index in [2.05, 4.69) is 114 Å². The molecule has 9 aromatic rings. The van der Waals surface area contributed by atoms with E-state index < -0.39 is 0 Å². The molecular weight excluding hydrogens is 529 g/mol. The van der Waals surface area contributed by atoms with Gasteiger partial charge in [-0.05, 0) is 53.9 Å². The van der Waals surface area contributed by atoms with Crippen LogP contribution in [0.1, 0.15) is 0 Å². The molecule has 0 bridgehead atoms. The minimum absolute atomic E-state index is 0.561.